The summed E-state index contributed by atoms with van der Waals surface area (Å²) in [6.07, 6.45) is 3.28. The number of hydrogen-bond donors (Lipinski definition) is 0. The molecule has 0 heterocycles. The lowest BCUT2D eigenvalue weighted by Gasteiger charge is -2.35. The topological polar surface area (TPSA) is 3.24 Å². The van der Waals surface area contributed by atoms with Crippen LogP contribution in [0.25, 0.3) is 33.5 Å². The fourth-order valence-electron chi connectivity index (χ4n) is 9.11. The van der Waals surface area contributed by atoms with Crippen molar-refractivity contribution >= 4 is 39.5 Å². The molecular formula is C56H41N. The van der Waals surface area contributed by atoms with E-state index in [2.05, 4.69) is 241 Å². The molecule has 1 aliphatic rings. The summed E-state index contributed by atoms with van der Waals surface area (Å²) in [5, 5.41) is 2.51. The van der Waals surface area contributed by atoms with Crippen LogP contribution in [-0.4, -0.2) is 0 Å². The van der Waals surface area contributed by atoms with Gasteiger partial charge in [-0.1, -0.05) is 194 Å². The van der Waals surface area contributed by atoms with Crippen molar-refractivity contribution in [1.82, 2.24) is 0 Å². The largest absolute Gasteiger partial charge is 0.310 e. The molecule has 0 fully saturated rings. The lowest BCUT2D eigenvalue weighted by molar-refractivity contribution is 0.769. The fourth-order valence-corrected chi connectivity index (χ4v) is 9.11. The van der Waals surface area contributed by atoms with Gasteiger partial charge >= 0.3 is 0 Å². The van der Waals surface area contributed by atoms with E-state index in [0.717, 1.165) is 23.5 Å². The minimum Gasteiger partial charge on any atom is -0.310 e. The third kappa shape index (κ3) is 6.05. The van der Waals surface area contributed by atoms with E-state index < -0.39 is 5.41 Å². The van der Waals surface area contributed by atoms with Gasteiger partial charge in [0.1, 0.15) is 0 Å². The van der Waals surface area contributed by atoms with Crippen molar-refractivity contribution in [3.63, 3.8) is 0 Å². The molecule has 0 aromatic heterocycles. The van der Waals surface area contributed by atoms with Crippen LogP contribution in [0.2, 0.25) is 0 Å². The highest BCUT2D eigenvalue weighted by Gasteiger charge is 2.47. The number of nitrogens with zero attached hydrogens (tertiary/aromatic N) is 1. The number of fused-ring (bicyclic) bond motifs is 5. The molecule has 0 saturated heterocycles. The summed E-state index contributed by atoms with van der Waals surface area (Å²) in [6.45, 7) is 0. The highest BCUT2D eigenvalue weighted by molar-refractivity contribution is 6.09. The Morgan fingerprint density at radius 3 is 1.49 bits per heavy atom. The number of rotatable bonds is 9. The Balaban J connectivity index is 1.29. The molecule has 0 amide bonds. The second kappa shape index (κ2) is 14.8. The summed E-state index contributed by atoms with van der Waals surface area (Å²) in [5.41, 5.74) is 15.4. The van der Waals surface area contributed by atoms with E-state index in [-0.39, 0.29) is 0 Å². The van der Waals surface area contributed by atoms with Gasteiger partial charge in [0.05, 0.1) is 5.41 Å². The maximum atomic E-state index is 2.51. The van der Waals surface area contributed by atoms with E-state index in [1.54, 1.807) is 0 Å². The standard InChI is InChI=1S/C56H41N/c1-7-21-41(22-8-1)37-43(42-23-9-2-10-24-42)38-44-39-54-55(51-34-20-19-33-50(44)51)52-36-35-49(57(47-29-15-5-16-30-47)48-31-17-6-18-32-48)40-53(52)56(54,45-25-11-3-12-26-45)46-27-13-4-14-28-46/h1-36,38-40H,37H2/b43-38-. The average Bonchev–Trinajstić information content (AvgIpc) is 3.58. The number of benzene rings is 9. The summed E-state index contributed by atoms with van der Waals surface area (Å²) in [7, 11) is 0. The predicted octanol–water partition coefficient (Wildman–Crippen LogP) is 14.5. The molecule has 1 heteroatoms. The smallest absolute Gasteiger partial charge is 0.0714 e. The normalized spacial score (nSPS) is 12.9. The minimum atomic E-state index is -0.596. The van der Waals surface area contributed by atoms with Gasteiger partial charge in [0.15, 0.2) is 0 Å². The quantitative estimate of drug-likeness (QED) is 0.134. The molecule has 0 bridgehead atoms. The summed E-state index contributed by atoms with van der Waals surface area (Å²) in [5.74, 6) is 0. The van der Waals surface area contributed by atoms with Crippen LogP contribution in [0.5, 0.6) is 0 Å². The Morgan fingerprint density at radius 2 is 0.912 bits per heavy atom. The van der Waals surface area contributed by atoms with Crippen molar-refractivity contribution in [1.29, 1.82) is 0 Å². The second-order valence-electron chi connectivity index (χ2n) is 14.9. The molecule has 0 saturated carbocycles. The Labute approximate surface area is 335 Å². The van der Waals surface area contributed by atoms with Crippen LogP contribution < -0.4 is 4.90 Å². The molecule has 0 atom stereocenters. The molecule has 9 aromatic rings. The van der Waals surface area contributed by atoms with Gasteiger partial charge < -0.3 is 4.90 Å². The first-order valence-electron chi connectivity index (χ1n) is 19.8. The van der Waals surface area contributed by atoms with Crippen LogP contribution in [0.1, 0.15) is 38.9 Å². The van der Waals surface area contributed by atoms with E-state index in [4.69, 9.17) is 0 Å². The van der Waals surface area contributed by atoms with Gasteiger partial charge in [-0.25, -0.2) is 0 Å². The summed E-state index contributed by atoms with van der Waals surface area (Å²) < 4.78 is 0. The average molecular weight is 728 g/mol. The Kier molecular flexibility index (Phi) is 8.89. The predicted molar refractivity (Wildman–Crippen MR) is 240 cm³/mol. The van der Waals surface area contributed by atoms with Crippen molar-refractivity contribution < 1.29 is 0 Å². The van der Waals surface area contributed by atoms with E-state index in [9.17, 15) is 0 Å². The highest BCUT2D eigenvalue weighted by Crippen LogP contribution is 2.59. The van der Waals surface area contributed by atoms with Gasteiger partial charge in [-0.05, 0) is 115 Å². The van der Waals surface area contributed by atoms with Gasteiger partial charge in [0, 0.05) is 17.1 Å². The summed E-state index contributed by atoms with van der Waals surface area (Å²) >= 11 is 0. The lowest BCUT2D eigenvalue weighted by atomic mass is 9.67. The molecule has 0 N–H and O–H groups in total. The number of hydrogen-bond acceptors (Lipinski definition) is 1. The van der Waals surface area contributed by atoms with Crippen molar-refractivity contribution in [3.8, 4) is 11.1 Å². The highest BCUT2D eigenvalue weighted by atomic mass is 15.1. The molecule has 0 aliphatic heterocycles. The van der Waals surface area contributed by atoms with E-state index in [0.29, 0.717) is 0 Å². The van der Waals surface area contributed by atoms with Gasteiger partial charge in [-0.3, -0.25) is 0 Å². The molecular weight excluding hydrogens is 687 g/mol. The van der Waals surface area contributed by atoms with Crippen LogP contribution in [0.4, 0.5) is 17.1 Å². The molecule has 0 unspecified atom stereocenters. The number of anilines is 3. The van der Waals surface area contributed by atoms with Crippen LogP contribution in [0.15, 0.2) is 231 Å². The lowest BCUT2D eigenvalue weighted by Crippen LogP contribution is -2.29. The molecule has 0 radical (unpaired) electrons. The fraction of sp³-hybridized carbons (Fsp3) is 0.0357. The van der Waals surface area contributed by atoms with Gasteiger partial charge in [0.25, 0.3) is 0 Å². The Bertz CT molecular complexity index is 2750. The van der Waals surface area contributed by atoms with E-state index in [1.165, 1.54) is 66.4 Å². The minimum absolute atomic E-state index is 0.596. The monoisotopic (exact) mass is 727 g/mol. The molecule has 10 rings (SSSR count). The SMILES string of the molecule is C(=C(\Cc1ccccc1)c1ccccc1)/c1cc2c(c3ccccc13)-c1ccc(N(c3ccccc3)c3ccccc3)cc1C2(c1ccccc1)c1ccccc1. The first kappa shape index (κ1) is 34.3. The van der Waals surface area contributed by atoms with E-state index >= 15 is 0 Å². The van der Waals surface area contributed by atoms with Gasteiger partial charge in [-0.15, -0.1) is 0 Å². The molecule has 1 aliphatic carbocycles. The third-order valence-electron chi connectivity index (χ3n) is 11.6. The molecule has 57 heavy (non-hydrogen) atoms. The molecule has 0 spiro atoms. The second-order valence-corrected chi connectivity index (χ2v) is 14.9. The summed E-state index contributed by atoms with van der Waals surface area (Å²) in [4.78, 5) is 2.38. The zero-order valence-electron chi connectivity index (χ0n) is 31.7. The molecule has 1 nitrogen and oxygen atoms in total. The van der Waals surface area contributed by atoms with Crippen molar-refractivity contribution in [3.05, 3.63) is 269 Å². The van der Waals surface area contributed by atoms with Gasteiger partial charge in [0.2, 0.25) is 0 Å². The maximum Gasteiger partial charge on any atom is 0.0714 e. The Morgan fingerprint density at radius 1 is 0.421 bits per heavy atom. The van der Waals surface area contributed by atoms with Gasteiger partial charge in [-0.2, -0.15) is 0 Å². The van der Waals surface area contributed by atoms with E-state index in [1.807, 2.05) is 0 Å². The molecule has 9 aromatic carbocycles. The zero-order valence-corrected chi connectivity index (χ0v) is 31.7. The van der Waals surface area contributed by atoms with Crippen molar-refractivity contribution in [2.45, 2.75) is 11.8 Å². The number of para-hydroxylation sites is 2. The van der Waals surface area contributed by atoms with Crippen molar-refractivity contribution in [2.24, 2.45) is 0 Å². The maximum absolute atomic E-state index is 2.51. The molecule has 270 valence electrons. The first-order valence-corrected chi connectivity index (χ1v) is 19.8. The van der Waals surface area contributed by atoms with Crippen LogP contribution in [0, 0.1) is 0 Å². The third-order valence-corrected chi connectivity index (χ3v) is 11.6. The zero-order chi connectivity index (χ0) is 38.0. The van der Waals surface area contributed by atoms with Crippen molar-refractivity contribution in [2.75, 3.05) is 4.90 Å². The summed E-state index contributed by atoms with van der Waals surface area (Å²) in [6, 6.07) is 84.1. The number of allylic oxidation sites excluding steroid dienone is 1. The van der Waals surface area contributed by atoms with Crippen LogP contribution in [-0.2, 0) is 11.8 Å². The first-order chi connectivity index (χ1) is 28.3. The van der Waals surface area contributed by atoms with Crippen LogP contribution >= 0.6 is 0 Å². The Hall–Kier alpha value is -7.22. The van der Waals surface area contributed by atoms with Crippen LogP contribution in [0.3, 0.4) is 0 Å².